The Morgan fingerprint density at radius 3 is 3.21 bits per heavy atom. The van der Waals surface area contributed by atoms with Crippen LogP contribution in [0, 0.1) is 0 Å². The molecule has 6 heteroatoms. The number of aromatic nitrogens is 3. The van der Waals surface area contributed by atoms with Crippen molar-refractivity contribution in [2.24, 2.45) is 7.05 Å². The number of nitrogens with zero attached hydrogens (tertiary/aromatic N) is 3. The van der Waals surface area contributed by atoms with Crippen LogP contribution in [0.2, 0.25) is 0 Å². The largest absolute Gasteiger partial charge is 0.347 e. The van der Waals surface area contributed by atoms with E-state index in [1.807, 2.05) is 25.5 Å². The Kier molecular flexibility index (Phi) is 3.08. The van der Waals surface area contributed by atoms with Crippen LogP contribution in [-0.4, -0.2) is 26.6 Å². The van der Waals surface area contributed by atoms with Crippen molar-refractivity contribution in [3.63, 3.8) is 0 Å². The molecule has 0 aliphatic carbocycles. The SMILES string of the molecule is Cn1cccc1C(=O)NCc1cn2c(n1)CNCC2. The van der Waals surface area contributed by atoms with E-state index < -0.39 is 0 Å². The van der Waals surface area contributed by atoms with Crippen LogP contribution in [0.15, 0.2) is 24.5 Å². The number of fused-ring (bicyclic) bond motifs is 1. The maximum Gasteiger partial charge on any atom is 0.268 e. The van der Waals surface area contributed by atoms with Crippen molar-refractivity contribution in [2.75, 3.05) is 6.54 Å². The van der Waals surface area contributed by atoms with Gasteiger partial charge in [0.15, 0.2) is 0 Å². The zero-order chi connectivity index (χ0) is 13.2. The molecule has 0 aromatic carbocycles. The average Bonchev–Trinajstić information content (AvgIpc) is 3.01. The summed E-state index contributed by atoms with van der Waals surface area (Å²) in [6, 6.07) is 3.66. The van der Waals surface area contributed by atoms with Gasteiger partial charge in [0.25, 0.3) is 5.91 Å². The van der Waals surface area contributed by atoms with E-state index in [0.717, 1.165) is 31.2 Å². The minimum Gasteiger partial charge on any atom is -0.347 e. The fourth-order valence-corrected chi connectivity index (χ4v) is 2.29. The summed E-state index contributed by atoms with van der Waals surface area (Å²) in [5.41, 5.74) is 1.56. The first-order valence-corrected chi connectivity index (χ1v) is 6.39. The average molecular weight is 259 g/mol. The van der Waals surface area contributed by atoms with Crippen LogP contribution in [-0.2, 0) is 26.7 Å². The Balaban J connectivity index is 1.65. The molecule has 3 heterocycles. The van der Waals surface area contributed by atoms with Crippen LogP contribution >= 0.6 is 0 Å². The number of rotatable bonds is 3. The zero-order valence-corrected chi connectivity index (χ0v) is 10.9. The third kappa shape index (κ3) is 2.39. The molecule has 0 saturated carbocycles. The molecule has 3 rings (SSSR count). The molecule has 1 aliphatic heterocycles. The number of carbonyl (C=O) groups is 1. The van der Waals surface area contributed by atoms with E-state index in [4.69, 9.17) is 0 Å². The van der Waals surface area contributed by atoms with E-state index in [2.05, 4.69) is 20.2 Å². The second-order valence-electron chi connectivity index (χ2n) is 4.71. The van der Waals surface area contributed by atoms with Gasteiger partial charge in [0.05, 0.1) is 18.8 Å². The highest BCUT2D eigenvalue weighted by Gasteiger charge is 2.13. The lowest BCUT2D eigenvalue weighted by Crippen LogP contribution is -2.27. The number of carbonyl (C=O) groups excluding carboxylic acids is 1. The fraction of sp³-hybridized carbons (Fsp3) is 0.385. The highest BCUT2D eigenvalue weighted by atomic mass is 16.1. The van der Waals surface area contributed by atoms with E-state index >= 15 is 0 Å². The van der Waals surface area contributed by atoms with Gasteiger partial charge >= 0.3 is 0 Å². The highest BCUT2D eigenvalue weighted by Crippen LogP contribution is 2.07. The summed E-state index contributed by atoms with van der Waals surface area (Å²) in [6.45, 7) is 3.17. The van der Waals surface area contributed by atoms with Crippen molar-refractivity contribution in [1.82, 2.24) is 24.8 Å². The van der Waals surface area contributed by atoms with Gasteiger partial charge in [-0.15, -0.1) is 0 Å². The van der Waals surface area contributed by atoms with Crippen molar-refractivity contribution >= 4 is 5.91 Å². The predicted octanol–water partition coefficient (Wildman–Crippen LogP) is 0.255. The van der Waals surface area contributed by atoms with Crippen molar-refractivity contribution < 1.29 is 4.79 Å². The second-order valence-corrected chi connectivity index (χ2v) is 4.71. The maximum absolute atomic E-state index is 12.0. The third-order valence-corrected chi connectivity index (χ3v) is 3.33. The molecule has 100 valence electrons. The molecule has 2 aromatic heterocycles. The summed E-state index contributed by atoms with van der Waals surface area (Å²) in [7, 11) is 1.86. The normalized spacial score (nSPS) is 14.2. The van der Waals surface area contributed by atoms with Crippen LogP contribution in [0.4, 0.5) is 0 Å². The number of imidazole rings is 1. The van der Waals surface area contributed by atoms with E-state index in [9.17, 15) is 4.79 Å². The first kappa shape index (κ1) is 12.0. The lowest BCUT2D eigenvalue weighted by atomic mass is 10.4. The molecule has 2 aromatic rings. The summed E-state index contributed by atoms with van der Waals surface area (Å²) in [4.78, 5) is 16.5. The standard InChI is InChI=1S/C13H17N5O/c1-17-5-2-3-11(17)13(19)15-7-10-9-18-6-4-14-8-12(18)16-10/h2-3,5,9,14H,4,6-8H2,1H3,(H,15,19). The molecule has 0 atom stereocenters. The zero-order valence-electron chi connectivity index (χ0n) is 10.9. The van der Waals surface area contributed by atoms with Gasteiger partial charge in [0.2, 0.25) is 0 Å². The van der Waals surface area contributed by atoms with Gasteiger partial charge in [-0.05, 0) is 12.1 Å². The Hall–Kier alpha value is -2.08. The molecule has 6 nitrogen and oxygen atoms in total. The predicted molar refractivity (Wildman–Crippen MR) is 70.5 cm³/mol. The summed E-state index contributed by atoms with van der Waals surface area (Å²) in [6.07, 6.45) is 3.87. The van der Waals surface area contributed by atoms with Crippen LogP contribution < -0.4 is 10.6 Å². The van der Waals surface area contributed by atoms with Crippen LogP contribution in [0.3, 0.4) is 0 Å². The molecular formula is C13H17N5O. The summed E-state index contributed by atoms with van der Waals surface area (Å²) < 4.78 is 3.94. The van der Waals surface area contributed by atoms with E-state index in [1.165, 1.54) is 0 Å². The van der Waals surface area contributed by atoms with Gasteiger partial charge in [-0.1, -0.05) is 0 Å². The van der Waals surface area contributed by atoms with E-state index in [0.29, 0.717) is 12.2 Å². The number of hydrogen-bond acceptors (Lipinski definition) is 3. The van der Waals surface area contributed by atoms with Crippen LogP contribution in [0.5, 0.6) is 0 Å². The molecule has 1 aliphatic rings. The van der Waals surface area contributed by atoms with Gasteiger partial charge in [-0.25, -0.2) is 4.98 Å². The maximum atomic E-state index is 12.0. The Morgan fingerprint density at radius 2 is 2.47 bits per heavy atom. The molecule has 0 fully saturated rings. The van der Waals surface area contributed by atoms with Gasteiger partial charge in [0, 0.05) is 32.5 Å². The monoisotopic (exact) mass is 259 g/mol. The Labute approximate surface area is 111 Å². The molecule has 0 radical (unpaired) electrons. The number of aryl methyl sites for hydroxylation is 1. The minimum atomic E-state index is -0.0726. The molecular weight excluding hydrogens is 242 g/mol. The smallest absolute Gasteiger partial charge is 0.268 e. The fourth-order valence-electron chi connectivity index (χ4n) is 2.29. The summed E-state index contributed by atoms with van der Waals surface area (Å²) in [5, 5.41) is 6.17. The molecule has 0 unspecified atom stereocenters. The lowest BCUT2D eigenvalue weighted by Gasteiger charge is -2.13. The Bertz CT molecular complexity index is 574. The number of hydrogen-bond donors (Lipinski definition) is 2. The van der Waals surface area contributed by atoms with Gasteiger partial charge in [0.1, 0.15) is 11.5 Å². The quantitative estimate of drug-likeness (QED) is 0.831. The van der Waals surface area contributed by atoms with Crippen molar-refractivity contribution in [1.29, 1.82) is 0 Å². The second kappa shape index (κ2) is 4.89. The molecule has 0 bridgehead atoms. The van der Waals surface area contributed by atoms with Crippen molar-refractivity contribution in [3.05, 3.63) is 41.7 Å². The molecule has 2 N–H and O–H groups in total. The lowest BCUT2D eigenvalue weighted by molar-refractivity contribution is 0.0942. The molecule has 0 spiro atoms. The van der Waals surface area contributed by atoms with Crippen LogP contribution in [0.25, 0.3) is 0 Å². The van der Waals surface area contributed by atoms with Crippen molar-refractivity contribution in [3.8, 4) is 0 Å². The Morgan fingerprint density at radius 1 is 1.58 bits per heavy atom. The summed E-state index contributed by atoms with van der Waals surface area (Å²) >= 11 is 0. The minimum absolute atomic E-state index is 0.0726. The number of amides is 1. The van der Waals surface area contributed by atoms with E-state index in [-0.39, 0.29) is 5.91 Å². The summed E-state index contributed by atoms with van der Waals surface area (Å²) in [5.74, 6) is 0.964. The number of nitrogens with one attached hydrogen (secondary N) is 2. The van der Waals surface area contributed by atoms with E-state index in [1.54, 1.807) is 10.6 Å². The molecule has 0 saturated heterocycles. The first-order chi connectivity index (χ1) is 9.24. The molecule has 1 amide bonds. The first-order valence-electron chi connectivity index (χ1n) is 6.39. The molecule has 19 heavy (non-hydrogen) atoms. The van der Waals surface area contributed by atoms with Crippen LogP contribution in [0.1, 0.15) is 22.0 Å². The third-order valence-electron chi connectivity index (χ3n) is 3.33. The van der Waals surface area contributed by atoms with Gasteiger partial charge in [-0.2, -0.15) is 0 Å². The highest BCUT2D eigenvalue weighted by molar-refractivity contribution is 5.92. The van der Waals surface area contributed by atoms with Gasteiger partial charge in [-0.3, -0.25) is 4.79 Å². The topological polar surface area (TPSA) is 63.9 Å². The van der Waals surface area contributed by atoms with Crippen molar-refractivity contribution in [2.45, 2.75) is 19.6 Å². The van der Waals surface area contributed by atoms with Gasteiger partial charge < -0.3 is 19.8 Å².